The van der Waals surface area contributed by atoms with E-state index in [-0.39, 0.29) is 11.9 Å². The molecule has 0 radical (unpaired) electrons. The Kier molecular flexibility index (Phi) is 4.57. The molecule has 0 spiro atoms. The first kappa shape index (κ1) is 15.1. The molecule has 0 fully saturated rings. The largest absolute Gasteiger partial charge is 0.469 e. The number of nitrogens with one attached hydrogen (secondary N) is 1. The third kappa shape index (κ3) is 3.89. The Morgan fingerprint density at radius 2 is 1.65 bits per heavy atom. The van der Waals surface area contributed by atoms with Gasteiger partial charge in [0.25, 0.3) is 5.91 Å². The quantitative estimate of drug-likeness (QED) is 0.763. The highest BCUT2D eigenvalue weighted by molar-refractivity contribution is 5.94. The maximum atomic E-state index is 12.3. The molecule has 0 saturated carbocycles. The summed E-state index contributed by atoms with van der Waals surface area (Å²) in [7, 11) is 0. The standard InChI is InChI=1S/C20H19NO2/c1-15(14-19-8-5-13-23-19)21-20(22)18-11-9-17(10-12-18)16-6-3-2-4-7-16/h2-13,15H,14H2,1H3,(H,21,22). The van der Waals surface area contributed by atoms with Crippen LogP contribution in [0.4, 0.5) is 0 Å². The van der Waals surface area contributed by atoms with E-state index in [2.05, 4.69) is 17.4 Å². The average molecular weight is 305 g/mol. The fraction of sp³-hybridized carbons (Fsp3) is 0.150. The minimum absolute atomic E-state index is 0.0162. The molecule has 1 heterocycles. The van der Waals surface area contributed by atoms with Crippen LogP contribution in [0.25, 0.3) is 11.1 Å². The Bertz CT molecular complexity index is 746. The van der Waals surface area contributed by atoms with Crippen molar-refractivity contribution in [2.24, 2.45) is 0 Å². The first-order chi connectivity index (χ1) is 11.2. The Morgan fingerprint density at radius 1 is 0.957 bits per heavy atom. The van der Waals surface area contributed by atoms with Crippen molar-refractivity contribution in [3.05, 3.63) is 84.3 Å². The number of hydrogen-bond donors (Lipinski definition) is 1. The van der Waals surface area contributed by atoms with Crippen molar-refractivity contribution in [2.75, 3.05) is 0 Å². The molecule has 0 aliphatic rings. The summed E-state index contributed by atoms with van der Waals surface area (Å²) in [5.74, 6) is 0.806. The maximum absolute atomic E-state index is 12.3. The van der Waals surface area contributed by atoms with Crippen molar-refractivity contribution in [3.8, 4) is 11.1 Å². The van der Waals surface area contributed by atoms with Crippen molar-refractivity contribution in [1.29, 1.82) is 0 Å². The van der Waals surface area contributed by atoms with Crippen LogP contribution in [0.5, 0.6) is 0 Å². The van der Waals surface area contributed by atoms with Crippen LogP contribution in [0.3, 0.4) is 0 Å². The molecule has 2 aromatic carbocycles. The summed E-state index contributed by atoms with van der Waals surface area (Å²) in [6, 6.07) is 21.6. The number of amides is 1. The van der Waals surface area contributed by atoms with Gasteiger partial charge in [-0.05, 0) is 42.3 Å². The molecule has 0 aliphatic heterocycles. The van der Waals surface area contributed by atoms with E-state index < -0.39 is 0 Å². The van der Waals surface area contributed by atoms with Crippen molar-refractivity contribution >= 4 is 5.91 Å². The Labute approximate surface area is 136 Å². The number of benzene rings is 2. The number of carbonyl (C=O) groups is 1. The monoisotopic (exact) mass is 305 g/mol. The Morgan fingerprint density at radius 3 is 2.30 bits per heavy atom. The van der Waals surface area contributed by atoms with E-state index in [9.17, 15) is 4.79 Å². The van der Waals surface area contributed by atoms with E-state index in [1.54, 1.807) is 6.26 Å². The third-order valence-corrected chi connectivity index (χ3v) is 3.72. The van der Waals surface area contributed by atoms with Gasteiger partial charge in [-0.2, -0.15) is 0 Å². The van der Waals surface area contributed by atoms with Crippen LogP contribution >= 0.6 is 0 Å². The molecular weight excluding hydrogens is 286 g/mol. The lowest BCUT2D eigenvalue weighted by Gasteiger charge is -2.13. The molecule has 3 nitrogen and oxygen atoms in total. The minimum atomic E-state index is -0.0660. The molecule has 0 bridgehead atoms. The molecule has 0 saturated heterocycles. The highest BCUT2D eigenvalue weighted by atomic mass is 16.3. The zero-order chi connectivity index (χ0) is 16.1. The van der Waals surface area contributed by atoms with Gasteiger partial charge in [0.1, 0.15) is 5.76 Å². The lowest BCUT2D eigenvalue weighted by atomic mass is 10.0. The van der Waals surface area contributed by atoms with E-state index in [0.717, 1.165) is 16.9 Å². The number of rotatable bonds is 5. The van der Waals surface area contributed by atoms with E-state index in [1.165, 1.54) is 0 Å². The zero-order valence-electron chi connectivity index (χ0n) is 13.0. The third-order valence-electron chi connectivity index (χ3n) is 3.72. The molecule has 3 aromatic rings. The predicted molar refractivity (Wildman–Crippen MR) is 91.2 cm³/mol. The van der Waals surface area contributed by atoms with E-state index >= 15 is 0 Å². The van der Waals surface area contributed by atoms with Crippen molar-refractivity contribution in [3.63, 3.8) is 0 Å². The van der Waals surface area contributed by atoms with Gasteiger partial charge in [-0.25, -0.2) is 0 Å². The highest BCUT2D eigenvalue weighted by Crippen LogP contribution is 2.19. The molecule has 1 atom stereocenters. The van der Waals surface area contributed by atoms with Crippen LogP contribution in [0.1, 0.15) is 23.0 Å². The zero-order valence-corrected chi connectivity index (χ0v) is 13.0. The van der Waals surface area contributed by atoms with Gasteiger partial charge in [0, 0.05) is 18.0 Å². The second kappa shape index (κ2) is 6.97. The maximum Gasteiger partial charge on any atom is 0.251 e. The first-order valence-electron chi connectivity index (χ1n) is 7.71. The summed E-state index contributed by atoms with van der Waals surface area (Å²) in [4.78, 5) is 12.3. The Hall–Kier alpha value is -2.81. The summed E-state index contributed by atoms with van der Waals surface area (Å²) in [5.41, 5.74) is 2.91. The lowest BCUT2D eigenvalue weighted by molar-refractivity contribution is 0.0939. The smallest absolute Gasteiger partial charge is 0.251 e. The van der Waals surface area contributed by atoms with Crippen LogP contribution in [0.2, 0.25) is 0 Å². The topological polar surface area (TPSA) is 42.2 Å². The summed E-state index contributed by atoms with van der Waals surface area (Å²) >= 11 is 0. The summed E-state index contributed by atoms with van der Waals surface area (Å²) in [6.45, 7) is 1.97. The molecule has 1 unspecified atom stereocenters. The summed E-state index contributed by atoms with van der Waals surface area (Å²) < 4.78 is 5.30. The molecule has 3 heteroatoms. The lowest BCUT2D eigenvalue weighted by Crippen LogP contribution is -2.33. The van der Waals surface area contributed by atoms with Crippen LogP contribution in [0, 0.1) is 0 Å². The first-order valence-corrected chi connectivity index (χ1v) is 7.71. The van der Waals surface area contributed by atoms with Gasteiger partial charge in [0.05, 0.1) is 6.26 Å². The van der Waals surface area contributed by atoms with Crippen LogP contribution in [-0.4, -0.2) is 11.9 Å². The van der Waals surface area contributed by atoms with Crippen LogP contribution in [-0.2, 0) is 6.42 Å². The second-order valence-corrected chi connectivity index (χ2v) is 5.60. The van der Waals surface area contributed by atoms with Crippen LogP contribution < -0.4 is 5.32 Å². The van der Waals surface area contributed by atoms with Crippen molar-refractivity contribution < 1.29 is 9.21 Å². The van der Waals surface area contributed by atoms with Gasteiger partial charge < -0.3 is 9.73 Å². The average Bonchev–Trinajstić information content (AvgIpc) is 3.08. The molecule has 1 amide bonds. The minimum Gasteiger partial charge on any atom is -0.469 e. The highest BCUT2D eigenvalue weighted by Gasteiger charge is 2.11. The Balaban J connectivity index is 1.63. The molecule has 1 N–H and O–H groups in total. The van der Waals surface area contributed by atoms with Gasteiger partial charge in [-0.1, -0.05) is 42.5 Å². The predicted octanol–water partition coefficient (Wildman–Crippen LogP) is 4.31. The van der Waals surface area contributed by atoms with Crippen molar-refractivity contribution in [2.45, 2.75) is 19.4 Å². The molecule has 116 valence electrons. The van der Waals surface area contributed by atoms with E-state index in [1.807, 2.05) is 61.5 Å². The second-order valence-electron chi connectivity index (χ2n) is 5.60. The molecule has 1 aromatic heterocycles. The summed E-state index contributed by atoms with van der Waals surface area (Å²) in [6.07, 6.45) is 2.33. The molecule has 23 heavy (non-hydrogen) atoms. The van der Waals surface area contributed by atoms with Crippen molar-refractivity contribution in [1.82, 2.24) is 5.32 Å². The fourth-order valence-electron chi connectivity index (χ4n) is 2.53. The van der Waals surface area contributed by atoms with Gasteiger partial charge in [0.15, 0.2) is 0 Å². The number of furan rings is 1. The van der Waals surface area contributed by atoms with E-state index in [0.29, 0.717) is 12.0 Å². The molecule has 3 rings (SSSR count). The van der Waals surface area contributed by atoms with Crippen LogP contribution in [0.15, 0.2) is 77.4 Å². The molecular formula is C20H19NO2. The van der Waals surface area contributed by atoms with E-state index in [4.69, 9.17) is 4.42 Å². The van der Waals surface area contributed by atoms with Gasteiger partial charge in [-0.15, -0.1) is 0 Å². The van der Waals surface area contributed by atoms with Gasteiger partial charge in [0.2, 0.25) is 0 Å². The number of carbonyl (C=O) groups excluding carboxylic acids is 1. The van der Waals surface area contributed by atoms with Gasteiger partial charge >= 0.3 is 0 Å². The van der Waals surface area contributed by atoms with Gasteiger partial charge in [-0.3, -0.25) is 4.79 Å². The number of hydrogen-bond acceptors (Lipinski definition) is 2. The summed E-state index contributed by atoms with van der Waals surface area (Å²) in [5, 5.41) is 2.99. The molecule has 0 aliphatic carbocycles. The normalized spacial score (nSPS) is 11.9. The SMILES string of the molecule is CC(Cc1ccco1)NC(=O)c1ccc(-c2ccccc2)cc1. The fourth-order valence-corrected chi connectivity index (χ4v) is 2.53.